The van der Waals surface area contributed by atoms with Crippen LogP contribution in [0.3, 0.4) is 0 Å². The van der Waals surface area contributed by atoms with E-state index in [0.29, 0.717) is 12.5 Å². The topological polar surface area (TPSA) is 69.6 Å². The Balaban J connectivity index is 1.38. The molecule has 4 heterocycles. The van der Waals surface area contributed by atoms with Crippen molar-refractivity contribution < 1.29 is 9.59 Å². The molecule has 0 unspecified atom stereocenters. The monoisotopic (exact) mass is 399 g/mol. The zero-order valence-electron chi connectivity index (χ0n) is 17.8. The molecule has 2 fully saturated rings. The van der Waals surface area contributed by atoms with E-state index in [1.165, 1.54) is 19.3 Å². The number of carbonyl (C=O) groups is 2. The number of carbonyl (C=O) groups excluding carboxylic acids is 2. The highest BCUT2D eigenvalue weighted by Crippen LogP contribution is 2.27. The van der Waals surface area contributed by atoms with E-state index < -0.39 is 0 Å². The summed E-state index contributed by atoms with van der Waals surface area (Å²) < 4.78 is 0. The Labute approximate surface area is 173 Å². The van der Waals surface area contributed by atoms with Crippen LogP contribution in [0.2, 0.25) is 0 Å². The summed E-state index contributed by atoms with van der Waals surface area (Å²) in [5.74, 6) is 1.62. The van der Waals surface area contributed by atoms with Crippen molar-refractivity contribution in [2.45, 2.75) is 70.9 Å². The van der Waals surface area contributed by atoms with Gasteiger partial charge in [0.05, 0.1) is 11.7 Å². The number of rotatable bonds is 3. The van der Waals surface area contributed by atoms with E-state index in [1.54, 1.807) is 6.92 Å². The van der Waals surface area contributed by atoms with Crippen LogP contribution in [0.5, 0.6) is 0 Å². The lowest BCUT2D eigenvalue weighted by molar-refractivity contribution is -0.137. The molecule has 29 heavy (non-hydrogen) atoms. The third kappa shape index (κ3) is 4.44. The van der Waals surface area contributed by atoms with Crippen LogP contribution in [0.1, 0.15) is 69.0 Å². The largest absolute Gasteiger partial charge is 0.343 e. The molecule has 0 spiro atoms. The number of fused-ring (bicyclic) bond motifs is 1. The maximum Gasteiger partial charge on any atom is 0.239 e. The highest BCUT2D eigenvalue weighted by Gasteiger charge is 2.30. The molecule has 0 radical (unpaired) electrons. The summed E-state index contributed by atoms with van der Waals surface area (Å²) in [7, 11) is 0. The van der Waals surface area contributed by atoms with Gasteiger partial charge in [-0.3, -0.25) is 14.5 Å². The zero-order chi connectivity index (χ0) is 20.4. The van der Waals surface area contributed by atoms with Gasteiger partial charge in [-0.05, 0) is 45.7 Å². The van der Waals surface area contributed by atoms with Gasteiger partial charge in [-0.25, -0.2) is 9.97 Å². The van der Waals surface area contributed by atoms with Crippen molar-refractivity contribution in [3.63, 3.8) is 0 Å². The lowest BCUT2D eigenvalue weighted by atomic mass is 9.95. The lowest BCUT2D eigenvalue weighted by Gasteiger charge is -2.36. The Kier molecular flexibility index (Phi) is 6.13. The normalized spacial score (nSPS) is 22.3. The Bertz CT molecular complexity index is 754. The van der Waals surface area contributed by atoms with E-state index in [0.717, 1.165) is 69.1 Å². The molecule has 2 amide bonds. The number of piperidine rings is 2. The zero-order valence-corrected chi connectivity index (χ0v) is 17.8. The van der Waals surface area contributed by atoms with E-state index in [1.807, 2.05) is 16.0 Å². The summed E-state index contributed by atoms with van der Waals surface area (Å²) in [4.78, 5) is 40.3. The molecular formula is C22H33N5O2. The maximum absolute atomic E-state index is 13.0. The van der Waals surface area contributed by atoms with E-state index in [-0.39, 0.29) is 17.9 Å². The average Bonchev–Trinajstić information content (AvgIpc) is 2.78. The molecule has 7 nitrogen and oxygen atoms in total. The van der Waals surface area contributed by atoms with Gasteiger partial charge in [-0.1, -0.05) is 6.42 Å². The number of hydrogen-bond acceptors (Lipinski definition) is 5. The first-order chi connectivity index (χ1) is 14.0. The fourth-order valence-corrected chi connectivity index (χ4v) is 4.90. The van der Waals surface area contributed by atoms with Gasteiger partial charge in [0.2, 0.25) is 11.8 Å². The molecule has 4 rings (SSSR count). The Morgan fingerprint density at radius 2 is 1.76 bits per heavy atom. The SMILES string of the molecule is CC(=O)N1CCC(c2ncc3c(n2)CCN(C(=O)[C@H](C)N2CCCCC2)C3)CC1. The second-order valence-electron chi connectivity index (χ2n) is 8.76. The highest BCUT2D eigenvalue weighted by molar-refractivity contribution is 5.81. The van der Waals surface area contributed by atoms with Crippen molar-refractivity contribution in [2.24, 2.45) is 0 Å². The van der Waals surface area contributed by atoms with Gasteiger partial charge in [0.15, 0.2) is 0 Å². The molecule has 158 valence electrons. The first kappa shape index (κ1) is 20.3. The van der Waals surface area contributed by atoms with Gasteiger partial charge < -0.3 is 9.80 Å². The van der Waals surface area contributed by atoms with Crippen molar-refractivity contribution in [1.29, 1.82) is 0 Å². The van der Waals surface area contributed by atoms with Gasteiger partial charge in [0, 0.05) is 57.2 Å². The summed E-state index contributed by atoms with van der Waals surface area (Å²) in [6, 6.07) is -0.0384. The van der Waals surface area contributed by atoms with Crippen LogP contribution in [0, 0.1) is 0 Å². The predicted molar refractivity (Wildman–Crippen MR) is 110 cm³/mol. The number of likely N-dealkylation sites (tertiary alicyclic amines) is 2. The second kappa shape index (κ2) is 8.78. The molecule has 3 aliphatic rings. The first-order valence-corrected chi connectivity index (χ1v) is 11.2. The fraction of sp³-hybridized carbons (Fsp3) is 0.727. The van der Waals surface area contributed by atoms with Crippen LogP contribution in [-0.4, -0.2) is 75.2 Å². The average molecular weight is 400 g/mol. The number of aromatic nitrogens is 2. The summed E-state index contributed by atoms with van der Waals surface area (Å²) >= 11 is 0. The Morgan fingerprint density at radius 1 is 1.03 bits per heavy atom. The van der Waals surface area contributed by atoms with Gasteiger partial charge in [-0.15, -0.1) is 0 Å². The standard InChI is InChI=1S/C22H33N5O2/c1-16(25-9-4-3-5-10-25)22(29)27-13-8-20-19(15-27)14-23-21(24-20)18-6-11-26(12-7-18)17(2)28/h14,16,18H,3-13,15H2,1-2H3/t16-/m0/s1. The molecule has 0 aromatic carbocycles. The van der Waals surface area contributed by atoms with Gasteiger partial charge in [0.25, 0.3) is 0 Å². The molecular weight excluding hydrogens is 366 g/mol. The predicted octanol–water partition coefficient (Wildman–Crippen LogP) is 1.96. The molecule has 1 aromatic heterocycles. The molecule has 0 N–H and O–H groups in total. The van der Waals surface area contributed by atoms with Crippen LogP contribution >= 0.6 is 0 Å². The van der Waals surface area contributed by atoms with E-state index in [9.17, 15) is 9.59 Å². The molecule has 0 saturated carbocycles. The quantitative estimate of drug-likeness (QED) is 0.777. The molecule has 2 saturated heterocycles. The summed E-state index contributed by atoms with van der Waals surface area (Å²) in [5.41, 5.74) is 2.18. The second-order valence-corrected chi connectivity index (χ2v) is 8.76. The van der Waals surface area contributed by atoms with E-state index in [2.05, 4.69) is 16.8 Å². The maximum atomic E-state index is 13.0. The fourth-order valence-electron chi connectivity index (χ4n) is 4.90. The highest BCUT2D eigenvalue weighted by atomic mass is 16.2. The molecule has 3 aliphatic heterocycles. The van der Waals surface area contributed by atoms with E-state index in [4.69, 9.17) is 4.98 Å². The van der Waals surface area contributed by atoms with Gasteiger partial charge in [-0.2, -0.15) is 0 Å². The molecule has 0 bridgehead atoms. The van der Waals surface area contributed by atoms with Gasteiger partial charge in [0.1, 0.15) is 5.82 Å². The van der Waals surface area contributed by atoms with Crippen molar-refractivity contribution in [2.75, 3.05) is 32.7 Å². The summed E-state index contributed by atoms with van der Waals surface area (Å²) in [5, 5.41) is 0. The first-order valence-electron chi connectivity index (χ1n) is 11.2. The van der Waals surface area contributed by atoms with E-state index >= 15 is 0 Å². The minimum atomic E-state index is -0.0384. The van der Waals surface area contributed by atoms with Gasteiger partial charge >= 0.3 is 0 Å². The third-order valence-electron chi connectivity index (χ3n) is 6.87. The molecule has 1 aromatic rings. The van der Waals surface area contributed by atoms with Crippen molar-refractivity contribution >= 4 is 11.8 Å². The molecule has 0 aliphatic carbocycles. The molecule has 1 atom stereocenters. The number of hydrogen-bond donors (Lipinski definition) is 0. The van der Waals surface area contributed by atoms with Crippen LogP contribution < -0.4 is 0 Å². The third-order valence-corrected chi connectivity index (χ3v) is 6.87. The summed E-state index contributed by atoms with van der Waals surface area (Å²) in [6.07, 6.45) is 8.26. The molecule has 7 heteroatoms. The smallest absolute Gasteiger partial charge is 0.239 e. The van der Waals surface area contributed by atoms with Crippen molar-refractivity contribution in [3.05, 3.63) is 23.3 Å². The lowest BCUT2D eigenvalue weighted by Crippen LogP contribution is -2.50. The Morgan fingerprint density at radius 3 is 2.45 bits per heavy atom. The number of nitrogens with zero attached hydrogens (tertiary/aromatic N) is 5. The minimum Gasteiger partial charge on any atom is -0.343 e. The summed E-state index contributed by atoms with van der Waals surface area (Å²) in [6.45, 7) is 8.69. The van der Waals surface area contributed by atoms with Crippen LogP contribution in [-0.2, 0) is 22.6 Å². The minimum absolute atomic E-state index is 0.0384. The Hall–Kier alpha value is -2.02. The number of amides is 2. The van der Waals surface area contributed by atoms with Crippen LogP contribution in [0.4, 0.5) is 0 Å². The van der Waals surface area contributed by atoms with Crippen LogP contribution in [0.15, 0.2) is 6.20 Å². The van der Waals surface area contributed by atoms with Crippen LogP contribution in [0.25, 0.3) is 0 Å². The van der Waals surface area contributed by atoms with Crippen molar-refractivity contribution in [1.82, 2.24) is 24.7 Å². The van der Waals surface area contributed by atoms with Crippen molar-refractivity contribution in [3.8, 4) is 0 Å².